The summed E-state index contributed by atoms with van der Waals surface area (Å²) in [5, 5.41) is 6.82. The van der Waals surface area contributed by atoms with Crippen molar-refractivity contribution in [3.8, 4) is 28.5 Å². The van der Waals surface area contributed by atoms with E-state index in [1.807, 2.05) is 42.8 Å². The van der Waals surface area contributed by atoms with Crippen molar-refractivity contribution in [3.05, 3.63) is 56.6 Å². The fourth-order valence-electron chi connectivity index (χ4n) is 2.82. The van der Waals surface area contributed by atoms with E-state index >= 15 is 0 Å². The first kappa shape index (κ1) is 22.1. The molecule has 3 rings (SSSR count). The Kier molecular flexibility index (Phi) is 7.33. The van der Waals surface area contributed by atoms with Gasteiger partial charge in [0.05, 0.1) is 38.8 Å². The van der Waals surface area contributed by atoms with Crippen LogP contribution in [0.25, 0.3) is 11.3 Å². The Morgan fingerprint density at radius 1 is 1.00 bits per heavy atom. The zero-order chi connectivity index (χ0) is 21.7. The Morgan fingerprint density at radius 2 is 1.63 bits per heavy atom. The normalized spacial score (nSPS) is 12.0. The molecule has 0 fully saturated rings. The van der Waals surface area contributed by atoms with Gasteiger partial charge in [0.25, 0.3) is 0 Å². The quantitative estimate of drug-likeness (QED) is 0.428. The van der Waals surface area contributed by atoms with Crippen LogP contribution in [0.4, 0.5) is 0 Å². The second-order valence-electron chi connectivity index (χ2n) is 6.64. The number of benzene rings is 2. The average molecular weight is 490 g/mol. The van der Waals surface area contributed by atoms with Crippen molar-refractivity contribution in [2.75, 3.05) is 21.3 Å². The molecule has 0 spiro atoms. The molecule has 0 aliphatic heterocycles. The summed E-state index contributed by atoms with van der Waals surface area (Å²) in [6.07, 6.45) is 1.73. The Bertz CT molecular complexity index is 1080. The van der Waals surface area contributed by atoms with E-state index in [4.69, 9.17) is 24.3 Å². The first-order chi connectivity index (χ1) is 14.5. The van der Waals surface area contributed by atoms with E-state index in [1.54, 1.807) is 51.0 Å². The zero-order valence-corrected chi connectivity index (χ0v) is 20.0. The second-order valence-corrected chi connectivity index (χ2v) is 8.39. The summed E-state index contributed by atoms with van der Waals surface area (Å²) in [6, 6.07) is 11.9. The van der Waals surface area contributed by atoms with Crippen molar-refractivity contribution in [1.29, 1.82) is 0 Å². The van der Waals surface area contributed by atoms with Gasteiger partial charge < -0.3 is 14.2 Å². The number of halogens is 1. The van der Waals surface area contributed by atoms with Gasteiger partial charge in [0.1, 0.15) is 17.2 Å². The average Bonchev–Trinajstić information content (AvgIpc) is 3.13. The zero-order valence-electron chi connectivity index (χ0n) is 17.5. The predicted molar refractivity (Wildman–Crippen MR) is 125 cm³/mol. The summed E-state index contributed by atoms with van der Waals surface area (Å²) < 4.78 is 19.3. The third-order valence-corrected chi connectivity index (χ3v) is 5.61. The topological polar surface area (TPSA) is 57.3 Å². The van der Waals surface area contributed by atoms with Gasteiger partial charge in [-0.1, -0.05) is 28.1 Å². The van der Waals surface area contributed by atoms with E-state index in [2.05, 4.69) is 21.3 Å². The van der Waals surface area contributed by atoms with Crippen LogP contribution in [0.3, 0.4) is 0 Å². The van der Waals surface area contributed by atoms with Gasteiger partial charge in [-0.2, -0.15) is 5.10 Å². The number of thiazole rings is 1. The Balaban J connectivity index is 2.15. The molecule has 0 bridgehead atoms. The predicted octanol–water partition coefficient (Wildman–Crippen LogP) is 5.20. The molecule has 0 saturated heterocycles. The van der Waals surface area contributed by atoms with Crippen molar-refractivity contribution in [3.63, 3.8) is 0 Å². The molecular formula is C22H24BrN3O3S. The van der Waals surface area contributed by atoms with Crippen LogP contribution < -0.4 is 19.0 Å². The van der Waals surface area contributed by atoms with Gasteiger partial charge in [-0.15, -0.1) is 11.3 Å². The molecule has 0 N–H and O–H groups in total. The van der Waals surface area contributed by atoms with Crippen molar-refractivity contribution < 1.29 is 14.2 Å². The molecule has 0 saturated carbocycles. The Morgan fingerprint density at radius 3 is 2.17 bits per heavy atom. The highest BCUT2D eigenvalue weighted by Crippen LogP contribution is 2.33. The van der Waals surface area contributed by atoms with Crippen LogP contribution in [0, 0.1) is 0 Å². The summed E-state index contributed by atoms with van der Waals surface area (Å²) >= 11 is 5.04. The van der Waals surface area contributed by atoms with Crippen LogP contribution in [0.2, 0.25) is 0 Å². The number of hydrogen-bond acceptors (Lipinski definition) is 6. The van der Waals surface area contributed by atoms with Crippen molar-refractivity contribution >= 4 is 33.5 Å². The van der Waals surface area contributed by atoms with E-state index in [-0.39, 0.29) is 6.04 Å². The fourth-order valence-corrected chi connectivity index (χ4v) is 4.05. The van der Waals surface area contributed by atoms with E-state index in [9.17, 15) is 0 Å². The summed E-state index contributed by atoms with van der Waals surface area (Å²) in [4.78, 5) is 5.53. The Labute approximate surface area is 188 Å². The maximum Gasteiger partial charge on any atom is 0.206 e. The first-order valence-electron chi connectivity index (χ1n) is 9.31. The SMILES string of the molecule is COc1cc(OC)c(C=Nn2c(-c3ccc(Br)cc3)csc2=NC(C)C)c(OC)c1. The van der Waals surface area contributed by atoms with Crippen LogP contribution in [0.5, 0.6) is 17.2 Å². The van der Waals surface area contributed by atoms with Crippen LogP contribution in [0.1, 0.15) is 19.4 Å². The minimum absolute atomic E-state index is 0.146. The molecule has 0 radical (unpaired) electrons. The third-order valence-electron chi connectivity index (χ3n) is 4.25. The van der Waals surface area contributed by atoms with Crippen molar-refractivity contribution in [2.24, 2.45) is 10.1 Å². The molecule has 1 aromatic heterocycles. The van der Waals surface area contributed by atoms with Gasteiger partial charge in [0.15, 0.2) is 0 Å². The maximum atomic E-state index is 5.54. The minimum atomic E-state index is 0.146. The smallest absolute Gasteiger partial charge is 0.206 e. The fraction of sp³-hybridized carbons (Fsp3) is 0.273. The first-order valence-corrected chi connectivity index (χ1v) is 11.0. The molecule has 0 unspecified atom stereocenters. The highest BCUT2D eigenvalue weighted by molar-refractivity contribution is 9.10. The number of methoxy groups -OCH3 is 3. The van der Waals surface area contributed by atoms with Gasteiger partial charge in [-0.25, -0.2) is 4.68 Å². The highest BCUT2D eigenvalue weighted by atomic mass is 79.9. The summed E-state index contributed by atoms with van der Waals surface area (Å²) in [5.74, 6) is 1.87. The highest BCUT2D eigenvalue weighted by Gasteiger charge is 2.13. The largest absolute Gasteiger partial charge is 0.496 e. The number of rotatable bonds is 7. The number of nitrogens with zero attached hydrogens (tertiary/aromatic N) is 3. The number of hydrogen-bond donors (Lipinski definition) is 0. The van der Waals surface area contributed by atoms with Gasteiger partial charge in [0, 0.05) is 33.6 Å². The standard InChI is InChI=1S/C22H24BrN3O3S/c1-14(2)25-22-26(19(13-30-22)15-6-8-16(23)9-7-15)24-12-18-20(28-4)10-17(27-3)11-21(18)29-5/h6-14H,1-5H3. The van der Waals surface area contributed by atoms with Gasteiger partial charge in [-0.3, -0.25) is 4.99 Å². The molecule has 0 aliphatic carbocycles. The molecule has 8 heteroatoms. The van der Waals surface area contributed by atoms with E-state index < -0.39 is 0 Å². The van der Waals surface area contributed by atoms with Crippen LogP contribution in [0.15, 0.2) is 56.3 Å². The van der Waals surface area contributed by atoms with Crippen molar-refractivity contribution in [1.82, 2.24) is 4.68 Å². The van der Waals surface area contributed by atoms with Crippen LogP contribution >= 0.6 is 27.3 Å². The van der Waals surface area contributed by atoms with Crippen molar-refractivity contribution in [2.45, 2.75) is 19.9 Å². The number of aromatic nitrogens is 1. The Hall–Kier alpha value is -2.58. The molecule has 6 nitrogen and oxygen atoms in total. The van der Waals surface area contributed by atoms with E-state index in [0.717, 1.165) is 26.1 Å². The van der Waals surface area contributed by atoms with Crippen LogP contribution in [-0.2, 0) is 0 Å². The van der Waals surface area contributed by atoms with Gasteiger partial charge >= 0.3 is 0 Å². The lowest BCUT2D eigenvalue weighted by molar-refractivity contribution is 0.374. The summed E-state index contributed by atoms with van der Waals surface area (Å²) in [7, 11) is 4.82. The molecule has 0 atom stereocenters. The van der Waals surface area contributed by atoms with Gasteiger partial charge in [-0.05, 0) is 26.0 Å². The molecular weight excluding hydrogens is 466 g/mol. The lowest BCUT2D eigenvalue weighted by atomic mass is 10.1. The number of ether oxygens (including phenoxy) is 3. The van der Waals surface area contributed by atoms with E-state index in [0.29, 0.717) is 17.2 Å². The molecule has 30 heavy (non-hydrogen) atoms. The van der Waals surface area contributed by atoms with Crippen LogP contribution in [-0.4, -0.2) is 38.3 Å². The molecule has 2 aromatic carbocycles. The summed E-state index contributed by atoms with van der Waals surface area (Å²) in [6.45, 7) is 4.09. The third kappa shape index (κ3) is 4.94. The lowest BCUT2D eigenvalue weighted by Crippen LogP contribution is -2.14. The van der Waals surface area contributed by atoms with Gasteiger partial charge in [0.2, 0.25) is 4.80 Å². The maximum absolute atomic E-state index is 5.54. The molecule has 1 heterocycles. The monoisotopic (exact) mass is 489 g/mol. The van der Waals surface area contributed by atoms with E-state index in [1.165, 1.54) is 0 Å². The molecule has 3 aromatic rings. The minimum Gasteiger partial charge on any atom is -0.496 e. The lowest BCUT2D eigenvalue weighted by Gasteiger charge is -2.12. The second kappa shape index (κ2) is 9.95. The molecule has 158 valence electrons. The summed E-state index contributed by atoms with van der Waals surface area (Å²) in [5.41, 5.74) is 2.72. The molecule has 0 aliphatic rings. The molecule has 0 amide bonds.